The van der Waals surface area contributed by atoms with Crippen molar-refractivity contribution in [1.29, 1.82) is 0 Å². The number of carbonyl (C=O) groups excluding carboxylic acids is 1. The van der Waals surface area contributed by atoms with Crippen LogP contribution >= 0.6 is 0 Å². The predicted molar refractivity (Wildman–Crippen MR) is 114 cm³/mol. The molecule has 0 amide bonds. The van der Waals surface area contributed by atoms with Gasteiger partial charge < -0.3 is 9.47 Å². The quantitative estimate of drug-likeness (QED) is 0.425. The van der Waals surface area contributed by atoms with Crippen molar-refractivity contribution in [1.82, 2.24) is 0 Å². The van der Waals surface area contributed by atoms with Crippen molar-refractivity contribution in [2.24, 2.45) is 0 Å². The molecule has 3 nitrogen and oxygen atoms in total. The minimum atomic E-state index is -2.88. The Hall–Kier alpha value is -2.34. The lowest BCUT2D eigenvalue weighted by Crippen LogP contribution is -2.28. The van der Waals surface area contributed by atoms with E-state index in [-0.39, 0.29) is 17.8 Å². The monoisotopic (exact) mass is 434 g/mol. The molecule has 1 aliphatic rings. The van der Waals surface area contributed by atoms with E-state index in [0.717, 1.165) is 38.7 Å². The zero-order valence-corrected chi connectivity index (χ0v) is 18.0. The Morgan fingerprint density at radius 2 is 1.65 bits per heavy atom. The molecule has 0 bridgehead atoms. The predicted octanol–water partition coefficient (Wildman–Crippen LogP) is 6.89. The third kappa shape index (κ3) is 5.67. The smallest absolute Gasteiger partial charge is 0.338 e. The van der Waals surface area contributed by atoms with Crippen molar-refractivity contribution in [2.75, 3.05) is 6.61 Å². The lowest BCUT2D eigenvalue weighted by molar-refractivity contribution is -0.0194. The van der Waals surface area contributed by atoms with E-state index in [1.54, 1.807) is 31.2 Å². The van der Waals surface area contributed by atoms with Gasteiger partial charge in [0.25, 0.3) is 6.43 Å². The van der Waals surface area contributed by atoms with Crippen LogP contribution in [-0.2, 0) is 15.9 Å². The average molecular weight is 434 g/mol. The highest BCUT2D eigenvalue weighted by Gasteiger charge is 2.25. The second kappa shape index (κ2) is 10.8. The Balaban J connectivity index is 1.66. The third-order valence-corrected chi connectivity index (χ3v) is 5.75. The van der Waals surface area contributed by atoms with E-state index in [1.807, 2.05) is 0 Å². The first-order valence-corrected chi connectivity index (χ1v) is 11.0. The first kappa shape index (κ1) is 23.3. The maximum Gasteiger partial charge on any atom is 0.338 e. The second-order valence-electron chi connectivity index (χ2n) is 7.91. The summed E-state index contributed by atoms with van der Waals surface area (Å²) in [4.78, 5) is 12.5. The number of hydrogen-bond acceptors (Lipinski definition) is 3. The van der Waals surface area contributed by atoms with Crippen LogP contribution in [0.4, 0.5) is 13.2 Å². The number of esters is 1. The summed E-state index contributed by atoms with van der Waals surface area (Å²) in [7, 11) is 0. The lowest BCUT2D eigenvalue weighted by atomic mass is 9.94. The van der Waals surface area contributed by atoms with Crippen LogP contribution in [0.5, 0.6) is 0 Å². The van der Waals surface area contributed by atoms with Crippen LogP contribution in [0.25, 0.3) is 11.1 Å². The number of ether oxygens (including phenoxy) is 2. The molecule has 0 spiro atoms. The van der Waals surface area contributed by atoms with E-state index in [4.69, 9.17) is 9.47 Å². The number of benzene rings is 2. The highest BCUT2D eigenvalue weighted by molar-refractivity contribution is 5.90. The molecule has 0 N–H and O–H groups in total. The summed E-state index contributed by atoms with van der Waals surface area (Å²) >= 11 is 0. The first-order valence-electron chi connectivity index (χ1n) is 11.0. The Morgan fingerprint density at radius 1 is 1.00 bits per heavy atom. The Bertz CT molecular complexity index is 872. The Morgan fingerprint density at radius 3 is 2.23 bits per heavy atom. The molecule has 3 rings (SSSR count). The molecule has 1 saturated carbocycles. The summed E-state index contributed by atoms with van der Waals surface area (Å²) in [6.45, 7) is 4.54. The minimum absolute atomic E-state index is 0.0952. The highest BCUT2D eigenvalue weighted by atomic mass is 19.3. The van der Waals surface area contributed by atoms with Crippen LogP contribution in [0.1, 0.15) is 73.9 Å². The van der Waals surface area contributed by atoms with Crippen molar-refractivity contribution in [3.63, 3.8) is 0 Å². The zero-order valence-electron chi connectivity index (χ0n) is 18.0. The van der Waals surface area contributed by atoms with Crippen molar-refractivity contribution >= 4 is 5.97 Å². The van der Waals surface area contributed by atoms with Crippen LogP contribution in [-0.4, -0.2) is 24.8 Å². The van der Waals surface area contributed by atoms with Crippen molar-refractivity contribution < 1.29 is 27.4 Å². The molecule has 31 heavy (non-hydrogen) atoms. The highest BCUT2D eigenvalue weighted by Crippen LogP contribution is 2.33. The van der Waals surface area contributed by atoms with Crippen molar-refractivity contribution in [2.45, 2.75) is 71.0 Å². The fraction of sp³-hybridized carbons (Fsp3) is 0.480. The van der Waals surface area contributed by atoms with E-state index < -0.39 is 23.8 Å². The molecule has 168 valence electrons. The van der Waals surface area contributed by atoms with E-state index in [2.05, 4.69) is 6.92 Å². The summed E-state index contributed by atoms with van der Waals surface area (Å²) in [6.07, 6.45) is 1.81. The summed E-state index contributed by atoms with van der Waals surface area (Å²) in [5, 5.41) is 0. The first-order chi connectivity index (χ1) is 14.9. The van der Waals surface area contributed by atoms with Crippen LogP contribution in [0, 0.1) is 5.82 Å². The molecule has 0 radical (unpaired) electrons. The summed E-state index contributed by atoms with van der Waals surface area (Å²) in [6, 6.07) is 9.25. The summed E-state index contributed by atoms with van der Waals surface area (Å²) < 4.78 is 52.8. The number of halogens is 3. The second-order valence-corrected chi connectivity index (χ2v) is 7.91. The van der Waals surface area contributed by atoms with E-state index in [1.165, 1.54) is 12.1 Å². The number of carbonyl (C=O) groups is 1. The third-order valence-electron chi connectivity index (χ3n) is 5.75. The van der Waals surface area contributed by atoms with E-state index in [9.17, 15) is 18.0 Å². The lowest BCUT2D eigenvalue weighted by Gasteiger charge is -2.28. The molecule has 0 atom stereocenters. The van der Waals surface area contributed by atoms with Gasteiger partial charge in [0, 0.05) is 12.2 Å². The number of hydrogen-bond donors (Lipinski definition) is 0. The maximum atomic E-state index is 14.8. The standard InChI is InChI=1S/C25H29F3O3/c1-3-15-30-19-10-12-20(13-11-19)31-25(29)18-7-5-17(6-8-18)21-14-9-16(4-2)22(23(21)26)24(27)28/h5-9,14,19-20,24H,3-4,10-13,15H2,1-2H3. The van der Waals surface area contributed by atoms with Crippen LogP contribution < -0.4 is 0 Å². The molecule has 0 aliphatic heterocycles. The minimum Gasteiger partial charge on any atom is -0.459 e. The van der Waals surface area contributed by atoms with Gasteiger partial charge in [-0.25, -0.2) is 18.0 Å². The molecule has 0 aromatic heterocycles. The maximum absolute atomic E-state index is 14.8. The number of alkyl halides is 2. The fourth-order valence-corrected chi connectivity index (χ4v) is 4.01. The topological polar surface area (TPSA) is 35.5 Å². The fourth-order valence-electron chi connectivity index (χ4n) is 4.01. The zero-order chi connectivity index (χ0) is 22.4. The van der Waals surface area contributed by atoms with Gasteiger partial charge in [-0.1, -0.05) is 38.1 Å². The van der Waals surface area contributed by atoms with Crippen molar-refractivity contribution in [3.8, 4) is 11.1 Å². The van der Waals surface area contributed by atoms with Gasteiger partial charge >= 0.3 is 5.97 Å². The van der Waals surface area contributed by atoms with Gasteiger partial charge in [0.1, 0.15) is 11.9 Å². The molecular weight excluding hydrogens is 405 g/mol. The largest absolute Gasteiger partial charge is 0.459 e. The molecular formula is C25H29F3O3. The van der Waals surface area contributed by atoms with Gasteiger partial charge in [0.15, 0.2) is 0 Å². The number of aryl methyl sites for hydroxylation is 1. The molecule has 2 aromatic rings. The summed E-state index contributed by atoms with van der Waals surface area (Å²) in [5.41, 5.74) is 0.631. The van der Waals surface area contributed by atoms with Gasteiger partial charge in [0.05, 0.1) is 17.2 Å². The van der Waals surface area contributed by atoms with Gasteiger partial charge in [-0.2, -0.15) is 0 Å². The SMILES string of the molecule is CCCOC1CCC(OC(=O)c2ccc(-c3ccc(CC)c(C(F)F)c3F)cc2)CC1. The van der Waals surface area contributed by atoms with E-state index in [0.29, 0.717) is 23.1 Å². The van der Waals surface area contributed by atoms with Gasteiger partial charge in [-0.15, -0.1) is 0 Å². The average Bonchev–Trinajstić information content (AvgIpc) is 2.78. The Labute approximate surface area is 181 Å². The van der Waals surface area contributed by atoms with Crippen LogP contribution in [0.3, 0.4) is 0 Å². The van der Waals surface area contributed by atoms with E-state index >= 15 is 0 Å². The van der Waals surface area contributed by atoms with Crippen LogP contribution in [0.2, 0.25) is 0 Å². The van der Waals surface area contributed by atoms with Gasteiger partial charge in [-0.05, 0) is 61.8 Å². The molecule has 0 heterocycles. The number of rotatable bonds is 8. The molecule has 0 saturated heterocycles. The molecule has 2 aromatic carbocycles. The normalized spacial score (nSPS) is 18.9. The molecule has 0 unspecified atom stereocenters. The summed E-state index contributed by atoms with van der Waals surface area (Å²) in [5.74, 6) is -1.34. The van der Waals surface area contributed by atoms with Gasteiger partial charge in [0.2, 0.25) is 0 Å². The van der Waals surface area contributed by atoms with Gasteiger partial charge in [-0.3, -0.25) is 0 Å². The van der Waals surface area contributed by atoms with Crippen molar-refractivity contribution in [3.05, 3.63) is 58.9 Å². The van der Waals surface area contributed by atoms with Crippen LogP contribution in [0.15, 0.2) is 36.4 Å². The molecule has 1 aliphatic carbocycles. The molecule has 6 heteroatoms. The molecule has 1 fully saturated rings. The Kier molecular flexibility index (Phi) is 8.13.